The zero-order valence-corrected chi connectivity index (χ0v) is 18.3. The third-order valence-electron chi connectivity index (χ3n) is 5.76. The third-order valence-corrected chi connectivity index (χ3v) is 7.65. The molecule has 2 aromatic carbocycles. The Balaban J connectivity index is 1.53. The Morgan fingerprint density at radius 3 is 2.52 bits per heavy atom. The van der Waals surface area contributed by atoms with E-state index in [1.165, 1.54) is 16.4 Å². The number of carbonyl (C=O) groups excluding carboxylic acids is 2. The van der Waals surface area contributed by atoms with Crippen molar-refractivity contribution < 1.29 is 22.7 Å². The molecule has 0 aliphatic carbocycles. The Kier molecular flexibility index (Phi) is 5.59. The minimum Gasteiger partial charge on any atom is -0.445 e. The Morgan fingerprint density at radius 2 is 1.77 bits per heavy atom. The summed E-state index contributed by atoms with van der Waals surface area (Å²) in [6.45, 7) is 3.73. The normalized spacial score (nSPS) is 22.5. The van der Waals surface area contributed by atoms with Gasteiger partial charge in [0.2, 0.25) is 10.0 Å². The zero-order chi connectivity index (χ0) is 22.2. The van der Waals surface area contributed by atoms with Crippen LogP contribution in [0.1, 0.15) is 22.8 Å². The van der Waals surface area contributed by atoms with E-state index in [0.717, 1.165) is 5.56 Å². The average Bonchev–Trinajstić information content (AvgIpc) is 2.74. The molecule has 0 aromatic heterocycles. The van der Waals surface area contributed by atoms with Crippen LogP contribution in [0.4, 0.5) is 5.69 Å². The summed E-state index contributed by atoms with van der Waals surface area (Å²) in [7, 11) is -1.71. The van der Waals surface area contributed by atoms with Crippen molar-refractivity contribution >= 4 is 27.6 Å². The molecule has 2 heterocycles. The number of benzene rings is 2. The highest BCUT2D eigenvalue weighted by Gasteiger charge is 2.42. The molecule has 0 bridgehead atoms. The first-order valence-electron chi connectivity index (χ1n) is 10.1. The van der Waals surface area contributed by atoms with Gasteiger partial charge in [-0.25, -0.2) is 13.2 Å². The van der Waals surface area contributed by atoms with Gasteiger partial charge in [-0.05, 0) is 43.8 Å². The highest BCUT2D eigenvalue weighted by atomic mass is 32.2. The lowest BCUT2D eigenvalue weighted by atomic mass is 9.89. The van der Waals surface area contributed by atoms with Gasteiger partial charge in [-0.2, -0.15) is 4.31 Å². The van der Waals surface area contributed by atoms with Crippen LogP contribution in [-0.4, -0.2) is 68.3 Å². The van der Waals surface area contributed by atoms with Gasteiger partial charge in [-0.15, -0.1) is 0 Å². The number of sulfonamides is 1. The Hall–Kier alpha value is -2.75. The first-order chi connectivity index (χ1) is 14.7. The molecule has 0 saturated carbocycles. The molecular formula is C22H25N3O5S. The summed E-state index contributed by atoms with van der Waals surface area (Å²) in [5, 5.41) is 2.72. The molecule has 0 spiro atoms. The van der Waals surface area contributed by atoms with E-state index in [9.17, 15) is 18.0 Å². The van der Waals surface area contributed by atoms with E-state index >= 15 is 0 Å². The van der Waals surface area contributed by atoms with Crippen molar-refractivity contribution in [3.05, 3.63) is 59.7 Å². The number of amides is 1. The van der Waals surface area contributed by atoms with Gasteiger partial charge in [0.25, 0.3) is 5.91 Å². The fourth-order valence-corrected chi connectivity index (χ4v) is 5.30. The Morgan fingerprint density at radius 1 is 1.06 bits per heavy atom. The lowest BCUT2D eigenvalue weighted by molar-refractivity contribution is -0.134. The number of esters is 1. The van der Waals surface area contributed by atoms with Crippen LogP contribution < -0.4 is 5.32 Å². The van der Waals surface area contributed by atoms with E-state index in [0.29, 0.717) is 37.4 Å². The number of anilines is 1. The van der Waals surface area contributed by atoms with Crippen LogP contribution in [0.2, 0.25) is 0 Å². The zero-order valence-electron chi connectivity index (χ0n) is 17.5. The second-order valence-corrected chi connectivity index (χ2v) is 10.1. The molecule has 1 saturated heterocycles. The Bertz CT molecular complexity index is 1130. The summed E-state index contributed by atoms with van der Waals surface area (Å²) in [6, 6.07) is 13.2. The molecule has 1 fully saturated rings. The summed E-state index contributed by atoms with van der Waals surface area (Å²) in [6.07, 6.45) is 0.236. The standard InChI is InChI=1S/C22H25N3O5S/c1-22(15-16-6-3-4-9-19(16)20(26)30-22)21(27)23-17-7-5-8-18(14-17)31(28,29)25-12-10-24(2)11-13-25/h3-9,14H,10-13,15H2,1-2H3,(H,23,27). The van der Waals surface area contributed by atoms with Gasteiger partial charge in [0.05, 0.1) is 10.5 Å². The molecule has 9 heteroatoms. The van der Waals surface area contributed by atoms with Gasteiger partial charge < -0.3 is 15.0 Å². The first-order valence-corrected chi connectivity index (χ1v) is 11.5. The van der Waals surface area contributed by atoms with Crippen LogP contribution in [0.15, 0.2) is 53.4 Å². The molecule has 4 rings (SSSR count). The summed E-state index contributed by atoms with van der Waals surface area (Å²) >= 11 is 0. The van der Waals surface area contributed by atoms with Crippen LogP contribution in [0, 0.1) is 0 Å². The number of piperazine rings is 1. The van der Waals surface area contributed by atoms with Crippen LogP contribution in [0.5, 0.6) is 0 Å². The maximum atomic E-state index is 13.0. The van der Waals surface area contributed by atoms with Gasteiger partial charge in [0, 0.05) is 38.3 Å². The predicted octanol–water partition coefficient (Wildman–Crippen LogP) is 1.73. The quantitative estimate of drug-likeness (QED) is 0.723. The van der Waals surface area contributed by atoms with Gasteiger partial charge in [0.15, 0.2) is 5.60 Å². The van der Waals surface area contributed by atoms with E-state index in [4.69, 9.17) is 4.74 Å². The lowest BCUT2D eigenvalue weighted by Gasteiger charge is -2.33. The van der Waals surface area contributed by atoms with E-state index < -0.39 is 27.5 Å². The highest BCUT2D eigenvalue weighted by Crippen LogP contribution is 2.30. The number of rotatable bonds is 4. The molecule has 2 aliphatic heterocycles. The summed E-state index contributed by atoms with van der Waals surface area (Å²) in [5.74, 6) is -1.06. The van der Waals surface area contributed by atoms with Crippen molar-refractivity contribution in [3.8, 4) is 0 Å². The topological polar surface area (TPSA) is 96.0 Å². The number of fused-ring (bicyclic) bond motifs is 1. The van der Waals surface area contributed by atoms with E-state index in [1.807, 2.05) is 13.1 Å². The van der Waals surface area contributed by atoms with Gasteiger partial charge >= 0.3 is 5.97 Å². The van der Waals surface area contributed by atoms with Crippen molar-refractivity contribution in [2.24, 2.45) is 0 Å². The van der Waals surface area contributed by atoms with Gasteiger partial charge in [0.1, 0.15) is 0 Å². The number of nitrogens with one attached hydrogen (secondary N) is 1. The van der Waals surface area contributed by atoms with Crippen LogP contribution in [0.25, 0.3) is 0 Å². The molecule has 1 atom stereocenters. The average molecular weight is 444 g/mol. The molecule has 1 amide bonds. The lowest BCUT2D eigenvalue weighted by Crippen LogP contribution is -2.49. The maximum Gasteiger partial charge on any atom is 0.339 e. The molecule has 2 aromatic rings. The molecule has 1 unspecified atom stereocenters. The summed E-state index contributed by atoms with van der Waals surface area (Å²) < 4.78 is 32.9. The number of likely N-dealkylation sites (N-methyl/N-ethyl adjacent to an activating group) is 1. The fourth-order valence-electron chi connectivity index (χ4n) is 3.83. The van der Waals surface area contributed by atoms with Crippen molar-refractivity contribution in [2.45, 2.75) is 23.8 Å². The monoisotopic (exact) mass is 443 g/mol. The Labute approximate surface area is 181 Å². The second kappa shape index (κ2) is 8.07. The summed E-state index contributed by atoms with van der Waals surface area (Å²) in [4.78, 5) is 27.5. The largest absolute Gasteiger partial charge is 0.445 e. The molecule has 1 N–H and O–H groups in total. The number of carbonyl (C=O) groups is 2. The number of ether oxygens (including phenoxy) is 1. The number of hydrogen-bond acceptors (Lipinski definition) is 6. The molecule has 0 radical (unpaired) electrons. The molecule has 31 heavy (non-hydrogen) atoms. The van der Waals surface area contributed by atoms with E-state index in [2.05, 4.69) is 10.2 Å². The van der Waals surface area contributed by atoms with Crippen LogP contribution >= 0.6 is 0 Å². The molecule has 8 nitrogen and oxygen atoms in total. The van der Waals surface area contributed by atoms with Crippen molar-refractivity contribution in [2.75, 3.05) is 38.5 Å². The maximum absolute atomic E-state index is 13.0. The van der Waals surface area contributed by atoms with Crippen LogP contribution in [-0.2, 0) is 26.0 Å². The minimum absolute atomic E-state index is 0.117. The van der Waals surface area contributed by atoms with Gasteiger partial charge in [-0.1, -0.05) is 24.3 Å². The highest BCUT2D eigenvalue weighted by molar-refractivity contribution is 7.89. The SMILES string of the molecule is CN1CCN(S(=O)(=O)c2cccc(NC(=O)C3(C)Cc4ccccc4C(=O)O3)c2)CC1. The number of cyclic esters (lactones) is 1. The fraction of sp³-hybridized carbons (Fsp3) is 0.364. The van der Waals surface area contributed by atoms with Crippen molar-refractivity contribution in [1.29, 1.82) is 0 Å². The van der Waals surface area contributed by atoms with Gasteiger partial charge in [-0.3, -0.25) is 4.79 Å². The number of hydrogen-bond donors (Lipinski definition) is 1. The number of nitrogens with zero attached hydrogens (tertiary/aromatic N) is 2. The smallest absolute Gasteiger partial charge is 0.339 e. The van der Waals surface area contributed by atoms with Crippen molar-refractivity contribution in [1.82, 2.24) is 9.21 Å². The minimum atomic E-state index is -3.66. The predicted molar refractivity (Wildman–Crippen MR) is 115 cm³/mol. The third kappa shape index (κ3) is 4.21. The molecule has 164 valence electrons. The second-order valence-electron chi connectivity index (χ2n) is 8.14. The van der Waals surface area contributed by atoms with E-state index in [-0.39, 0.29) is 11.3 Å². The van der Waals surface area contributed by atoms with Crippen molar-refractivity contribution in [3.63, 3.8) is 0 Å². The first kappa shape index (κ1) is 21.5. The van der Waals surface area contributed by atoms with Crippen LogP contribution in [0.3, 0.4) is 0 Å². The molecular weight excluding hydrogens is 418 g/mol. The van der Waals surface area contributed by atoms with E-state index in [1.54, 1.807) is 37.3 Å². The summed E-state index contributed by atoms with van der Waals surface area (Å²) in [5.41, 5.74) is 0.129. The molecule has 2 aliphatic rings.